The van der Waals surface area contributed by atoms with Crippen LogP contribution in [0.2, 0.25) is 0 Å². The molecule has 0 spiro atoms. The number of fused-ring (bicyclic) bond motifs is 4. The van der Waals surface area contributed by atoms with Crippen molar-refractivity contribution in [2.24, 2.45) is 47.3 Å². The minimum Gasteiger partial charge on any atom is -0.478 e. The first-order chi connectivity index (χ1) is 31.1. The molecule has 0 saturated heterocycles. The molecule has 332 valence electrons. The fraction of sp³-hybridized carbons (Fsp3) is 0.385. The van der Waals surface area contributed by atoms with E-state index in [1.54, 1.807) is 0 Å². The van der Waals surface area contributed by atoms with E-state index in [0.717, 1.165) is 108 Å². The number of rotatable bonds is 14. The second-order valence-corrected chi connectivity index (χ2v) is 17.7. The summed E-state index contributed by atoms with van der Waals surface area (Å²) in [5, 5.41) is 33.0. The Bertz CT molecular complexity index is 2300. The number of hydrogen-bond donors (Lipinski definition) is 6. The second-order valence-electron chi connectivity index (χ2n) is 17.7. The largest absolute Gasteiger partial charge is 0.478 e. The van der Waals surface area contributed by atoms with E-state index in [2.05, 4.69) is 57.7 Å². The van der Waals surface area contributed by atoms with Gasteiger partial charge in [0, 0.05) is 92.9 Å². The highest BCUT2D eigenvalue weighted by atomic mass is 16.5. The van der Waals surface area contributed by atoms with Gasteiger partial charge in [-0.3, -0.25) is 0 Å². The van der Waals surface area contributed by atoms with Gasteiger partial charge in [0.2, 0.25) is 0 Å². The van der Waals surface area contributed by atoms with Crippen LogP contribution in [0.15, 0.2) is 142 Å². The highest BCUT2D eigenvalue weighted by molar-refractivity contribution is 5.93. The summed E-state index contributed by atoms with van der Waals surface area (Å²) in [6.07, 6.45) is 24.6. The Kier molecular flexibility index (Phi) is 12.2. The minimum atomic E-state index is -0.858. The molecule has 2 aromatic carbocycles. The predicted octanol–water partition coefficient (Wildman–Crippen LogP) is 9.72. The summed E-state index contributed by atoms with van der Waals surface area (Å²) in [6, 6.07) is 15.6. The van der Waals surface area contributed by atoms with Crippen molar-refractivity contribution in [3.05, 3.63) is 142 Å². The number of anilines is 4. The molecule has 0 aromatic heterocycles. The van der Waals surface area contributed by atoms with Crippen LogP contribution in [0.5, 0.6) is 0 Å². The lowest BCUT2D eigenvalue weighted by atomic mass is 9.74. The summed E-state index contributed by atoms with van der Waals surface area (Å²) < 4.78 is 10.7. The maximum atomic E-state index is 12.6. The Morgan fingerprint density at radius 3 is 0.844 bits per heavy atom. The first kappa shape index (κ1) is 42.7. The number of benzene rings is 2. The number of aliphatic carboxylic acids is 2. The Balaban J connectivity index is 0.000000163. The summed E-state index contributed by atoms with van der Waals surface area (Å²) in [6.45, 7) is 4.42. The van der Waals surface area contributed by atoms with Crippen molar-refractivity contribution in [3.63, 3.8) is 0 Å². The van der Waals surface area contributed by atoms with Crippen molar-refractivity contribution in [3.8, 4) is 0 Å². The lowest BCUT2D eigenvalue weighted by molar-refractivity contribution is -0.140. The quantitative estimate of drug-likeness (QED) is 0.0785. The summed E-state index contributed by atoms with van der Waals surface area (Å²) >= 11 is 0. The van der Waals surface area contributed by atoms with Crippen LogP contribution in [0.4, 0.5) is 22.7 Å². The van der Waals surface area contributed by atoms with Crippen molar-refractivity contribution in [2.75, 3.05) is 34.5 Å². The predicted molar refractivity (Wildman–Crippen MR) is 245 cm³/mol. The Morgan fingerprint density at radius 2 is 0.625 bits per heavy atom. The van der Waals surface area contributed by atoms with Gasteiger partial charge >= 0.3 is 23.9 Å². The summed E-state index contributed by atoms with van der Waals surface area (Å²) in [7, 11) is 0. The number of allylic oxidation sites excluding steroid dienone is 8. The van der Waals surface area contributed by atoms with Crippen LogP contribution in [0.1, 0.15) is 65.2 Å². The monoisotopic (exact) mass is 864 g/mol. The standard InChI is InChI=1S/C28H32N2O4.C24H24N2O4/c1-3-33-27(31)23-17-5-9-19(10-6-17)25(23)29-21-13-15-22(16-14-21)30-26-20-11-7-18(8-12-20)24(26)28(32)34-4-2;27-23(28)19-13-1-5-15(6-2-13)21(19)25-17-9-11-18(12-10-17)26-22-16-7-3-14(4-8-16)20(22)24(29)30/h5,7,9,11,13-20,29-30H,3-4,6,8,10,12H2,1-2H3;1,3,5,7,9-16,25-26H,2,4,6,8H2,(H,27,28)(H,29,30). The molecule has 2 aromatic rings. The van der Waals surface area contributed by atoms with Crippen LogP contribution < -0.4 is 21.3 Å². The highest BCUT2D eigenvalue weighted by Crippen LogP contribution is 2.45. The average molecular weight is 865 g/mol. The third-order valence-electron chi connectivity index (χ3n) is 13.9. The van der Waals surface area contributed by atoms with E-state index in [4.69, 9.17) is 9.47 Å². The van der Waals surface area contributed by atoms with E-state index in [0.29, 0.717) is 24.4 Å². The van der Waals surface area contributed by atoms with Crippen LogP contribution in [0.25, 0.3) is 0 Å². The third-order valence-corrected chi connectivity index (χ3v) is 13.9. The van der Waals surface area contributed by atoms with Gasteiger partial charge in [-0.05, 0) is 114 Å². The number of ether oxygens (including phenoxy) is 2. The van der Waals surface area contributed by atoms with Gasteiger partial charge in [0.05, 0.1) is 35.5 Å². The average Bonchev–Trinajstić information content (AvgIpc) is 3.32. The Labute approximate surface area is 373 Å². The van der Waals surface area contributed by atoms with Crippen molar-refractivity contribution in [1.82, 2.24) is 0 Å². The molecule has 14 rings (SSSR count). The maximum absolute atomic E-state index is 12.6. The molecular formula is C52H56N4O8. The first-order valence-corrected chi connectivity index (χ1v) is 22.9. The van der Waals surface area contributed by atoms with Gasteiger partial charge < -0.3 is 41.0 Å². The molecule has 0 aliphatic heterocycles. The van der Waals surface area contributed by atoms with Crippen LogP contribution in [-0.2, 0) is 28.7 Å². The number of carboxylic acids is 2. The van der Waals surface area contributed by atoms with Crippen molar-refractivity contribution in [2.45, 2.75) is 65.2 Å². The number of esters is 2. The molecule has 0 saturated carbocycles. The molecule has 12 aliphatic rings. The molecule has 6 N–H and O–H groups in total. The molecule has 64 heavy (non-hydrogen) atoms. The van der Waals surface area contributed by atoms with E-state index >= 15 is 0 Å². The molecule has 8 unspecified atom stereocenters. The van der Waals surface area contributed by atoms with E-state index < -0.39 is 11.9 Å². The first-order valence-electron chi connectivity index (χ1n) is 22.9. The van der Waals surface area contributed by atoms with Crippen LogP contribution in [0, 0.1) is 47.3 Å². The van der Waals surface area contributed by atoms with Crippen molar-refractivity contribution < 1.29 is 38.9 Å². The third kappa shape index (κ3) is 8.45. The smallest absolute Gasteiger partial charge is 0.336 e. The molecule has 0 heterocycles. The van der Waals surface area contributed by atoms with Crippen LogP contribution >= 0.6 is 0 Å². The van der Waals surface area contributed by atoms with E-state index in [9.17, 15) is 29.4 Å². The lowest BCUT2D eigenvalue weighted by Gasteiger charge is -2.35. The second kappa shape index (κ2) is 18.3. The molecule has 0 fully saturated rings. The summed E-state index contributed by atoms with van der Waals surface area (Å²) in [5.74, 6) is -1.30. The maximum Gasteiger partial charge on any atom is 0.336 e. The number of carbonyl (C=O) groups is 4. The Morgan fingerprint density at radius 1 is 0.406 bits per heavy atom. The van der Waals surface area contributed by atoms with Crippen LogP contribution in [-0.4, -0.2) is 47.3 Å². The molecule has 12 heteroatoms. The zero-order chi connectivity index (χ0) is 44.5. The van der Waals surface area contributed by atoms with E-state index in [1.165, 1.54) is 0 Å². The number of carboxylic acid groups (broad SMARTS) is 2. The van der Waals surface area contributed by atoms with Crippen molar-refractivity contribution >= 4 is 46.6 Å². The molecule has 8 bridgehead atoms. The van der Waals surface area contributed by atoms with Gasteiger partial charge in [-0.2, -0.15) is 0 Å². The summed E-state index contributed by atoms with van der Waals surface area (Å²) in [5.41, 5.74) is 9.45. The summed E-state index contributed by atoms with van der Waals surface area (Å²) in [4.78, 5) is 48.8. The van der Waals surface area contributed by atoms with Crippen molar-refractivity contribution in [1.29, 1.82) is 0 Å². The number of hydrogen-bond acceptors (Lipinski definition) is 10. The molecule has 0 radical (unpaired) electrons. The minimum absolute atomic E-state index is 0.0212. The highest BCUT2D eigenvalue weighted by Gasteiger charge is 2.39. The number of carbonyl (C=O) groups excluding carboxylic acids is 2. The van der Waals surface area contributed by atoms with Gasteiger partial charge in [-0.25, -0.2) is 19.2 Å². The van der Waals surface area contributed by atoms with Gasteiger partial charge in [0.1, 0.15) is 0 Å². The Hall–Kier alpha value is -6.56. The fourth-order valence-electron chi connectivity index (χ4n) is 10.8. The topological polar surface area (TPSA) is 175 Å². The molecular weight excluding hydrogens is 809 g/mol. The van der Waals surface area contributed by atoms with Gasteiger partial charge in [0.15, 0.2) is 0 Å². The zero-order valence-electron chi connectivity index (χ0n) is 36.3. The zero-order valence-corrected chi connectivity index (χ0v) is 36.3. The van der Waals surface area contributed by atoms with Crippen LogP contribution in [0.3, 0.4) is 0 Å². The normalized spacial score (nSPS) is 27.7. The lowest BCUT2D eigenvalue weighted by Crippen LogP contribution is -2.31. The van der Waals surface area contributed by atoms with E-state index in [-0.39, 0.29) is 59.3 Å². The molecule has 12 nitrogen and oxygen atoms in total. The van der Waals surface area contributed by atoms with E-state index in [1.807, 2.05) is 74.5 Å². The van der Waals surface area contributed by atoms with Gasteiger partial charge in [0.25, 0.3) is 0 Å². The molecule has 0 amide bonds. The molecule has 12 aliphatic carbocycles. The van der Waals surface area contributed by atoms with Gasteiger partial charge in [-0.15, -0.1) is 0 Å². The van der Waals surface area contributed by atoms with Gasteiger partial charge in [-0.1, -0.05) is 48.6 Å². The molecule has 8 atom stereocenters. The number of nitrogens with one attached hydrogen (secondary N) is 4. The SMILES string of the molecule is CCOC(=O)C1=C(Nc2ccc(NC3=C(C(=O)OCC)C4C=CC3CC4)cc2)C2C=CC1CC2.O=C(O)C1=C(Nc2ccc(NC3=C(C(=O)O)C4C=CC3CC4)cc2)C2C=CC1CC2. The fourth-order valence-corrected chi connectivity index (χ4v) is 10.8.